The lowest BCUT2D eigenvalue weighted by Gasteiger charge is -2.08. The smallest absolute Gasteiger partial charge is 0.338 e. The normalized spacial score (nSPS) is 13.3. The molecule has 69 heavy (non-hydrogen) atoms. The SMILES string of the molecule is NCc1cc(=O)[nH]c2ccc(Br)cc12.O=C(NCc1cc(=O)[nH]c2ccc(Br)cc12)c1cnn(Cc2cn3cc(C4CC4)ccc3n2)c1.O=C(O)c1cnn(Cc2cn3cc(C4CC4)ccc3n2)c1. The van der Waals surface area contributed by atoms with E-state index >= 15 is 0 Å². The molecule has 2 aromatic carbocycles. The number of halogens is 2. The third-order valence-electron chi connectivity index (χ3n) is 12.0. The summed E-state index contributed by atoms with van der Waals surface area (Å²) in [6.07, 6.45) is 19.5. The van der Waals surface area contributed by atoms with Gasteiger partial charge in [0.1, 0.15) is 11.3 Å². The van der Waals surface area contributed by atoms with Crippen LogP contribution in [0.3, 0.4) is 0 Å². The molecule has 0 spiro atoms. The lowest BCUT2D eigenvalue weighted by atomic mass is 10.1. The molecule has 0 saturated heterocycles. The van der Waals surface area contributed by atoms with E-state index in [1.165, 1.54) is 61.3 Å². The molecule has 10 aromatic rings. The third-order valence-corrected chi connectivity index (χ3v) is 13.0. The summed E-state index contributed by atoms with van der Waals surface area (Å²) in [6, 6.07) is 22.7. The van der Waals surface area contributed by atoms with E-state index in [0.717, 1.165) is 64.6 Å². The van der Waals surface area contributed by atoms with Crippen molar-refractivity contribution >= 4 is 76.8 Å². The quantitative estimate of drug-likeness (QED) is 0.0841. The predicted molar refractivity (Wildman–Crippen MR) is 268 cm³/mol. The Labute approximate surface area is 409 Å². The summed E-state index contributed by atoms with van der Waals surface area (Å²) >= 11 is 6.84. The molecule has 0 aliphatic heterocycles. The van der Waals surface area contributed by atoms with Crippen molar-refractivity contribution in [2.24, 2.45) is 5.73 Å². The van der Waals surface area contributed by atoms with E-state index in [-0.39, 0.29) is 29.1 Å². The Hall–Kier alpha value is -7.48. The van der Waals surface area contributed by atoms with E-state index in [1.54, 1.807) is 21.8 Å². The van der Waals surface area contributed by atoms with Crippen molar-refractivity contribution < 1.29 is 14.7 Å². The molecule has 8 aromatic heterocycles. The van der Waals surface area contributed by atoms with Crippen molar-refractivity contribution in [3.05, 3.63) is 197 Å². The number of amides is 1. The van der Waals surface area contributed by atoms with Gasteiger partial charge in [0.25, 0.3) is 5.91 Å². The van der Waals surface area contributed by atoms with Gasteiger partial charge in [0, 0.05) is 93.2 Å². The first-order valence-corrected chi connectivity index (χ1v) is 23.8. The molecular weight excluding hydrogens is 1010 g/mol. The fourth-order valence-corrected chi connectivity index (χ4v) is 8.96. The number of hydrogen-bond donors (Lipinski definition) is 5. The van der Waals surface area contributed by atoms with E-state index in [1.807, 2.05) is 59.3 Å². The number of imidazole rings is 2. The number of pyridine rings is 4. The maximum Gasteiger partial charge on any atom is 0.338 e. The van der Waals surface area contributed by atoms with Crippen LogP contribution < -0.4 is 22.2 Å². The van der Waals surface area contributed by atoms with Crippen LogP contribution >= 0.6 is 31.9 Å². The fourth-order valence-electron chi connectivity index (χ4n) is 8.24. The van der Waals surface area contributed by atoms with Crippen molar-refractivity contribution in [2.75, 3.05) is 0 Å². The number of nitrogens with two attached hydrogens (primary N) is 1. The molecule has 2 aliphatic carbocycles. The van der Waals surface area contributed by atoms with Gasteiger partial charge < -0.3 is 34.9 Å². The van der Waals surface area contributed by atoms with Gasteiger partial charge in [-0.3, -0.25) is 23.7 Å². The van der Waals surface area contributed by atoms with Gasteiger partial charge in [-0.1, -0.05) is 44.0 Å². The van der Waals surface area contributed by atoms with Gasteiger partial charge in [-0.2, -0.15) is 10.2 Å². The second-order valence-electron chi connectivity index (χ2n) is 17.2. The average Bonchev–Trinajstić information content (AvgIpc) is 4.17. The van der Waals surface area contributed by atoms with Gasteiger partial charge >= 0.3 is 5.97 Å². The van der Waals surface area contributed by atoms with Crippen LogP contribution in [0.4, 0.5) is 0 Å². The highest BCUT2D eigenvalue weighted by Gasteiger charge is 2.25. The number of carbonyl (C=O) groups excluding carboxylic acids is 1. The van der Waals surface area contributed by atoms with E-state index in [9.17, 15) is 19.2 Å². The van der Waals surface area contributed by atoms with Gasteiger partial charge in [-0.15, -0.1) is 0 Å². The zero-order chi connectivity index (χ0) is 47.8. The molecule has 8 heterocycles. The minimum Gasteiger partial charge on any atom is -0.478 e. The number of carboxylic acid groups (broad SMARTS) is 1. The number of carbonyl (C=O) groups is 2. The van der Waals surface area contributed by atoms with Crippen molar-refractivity contribution in [1.29, 1.82) is 0 Å². The van der Waals surface area contributed by atoms with Crippen LogP contribution in [0.2, 0.25) is 0 Å². The van der Waals surface area contributed by atoms with Crippen LogP contribution in [0.15, 0.2) is 141 Å². The Morgan fingerprint density at radius 2 is 1.14 bits per heavy atom. The number of benzene rings is 2. The number of fused-ring (bicyclic) bond motifs is 4. The number of hydrogen-bond acceptors (Lipinski definition) is 9. The van der Waals surface area contributed by atoms with Crippen LogP contribution in [0, 0.1) is 0 Å². The van der Waals surface area contributed by atoms with Crippen LogP contribution in [0.5, 0.6) is 0 Å². The molecule has 0 bridgehead atoms. The number of aromatic amines is 2. The Balaban J connectivity index is 0.000000134. The molecule has 6 N–H and O–H groups in total. The number of rotatable bonds is 11. The van der Waals surface area contributed by atoms with Crippen molar-refractivity contribution in [1.82, 2.24) is 53.6 Å². The molecule has 1 amide bonds. The molecule has 2 aliphatic rings. The first-order valence-electron chi connectivity index (χ1n) is 22.3. The third kappa shape index (κ3) is 10.6. The monoisotopic (exact) mass is 1050 g/mol. The minimum absolute atomic E-state index is 0.111. The average molecular weight is 1050 g/mol. The molecular formula is C50H44Br2N12O5. The molecule has 0 unspecified atom stereocenters. The Kier molecular flexibility index (Phi) is 12.6. The number of nitrogens with zero attached hydrogens (tertiary/aromatic N) is 8. The maximum absolute atomic E-state index is 12.7. The van der Waals surface area contributed by atoms with Crippen LogP contribution in [0.1, 0.15) is 91.9 Å². The second-order valence-corrected chi connectivity index (χ2v) is 19.0. The van der Waals surface area contributed by atoms with Crippen molar-refractivity contribution in [3.63, 3.8) is 0 Å². The number of H-pyrrole nitrogens is 2. The highest BCUT2D eigenvalue weighted by molar-refractivity contribution is 9.10. The molecule has 348 valence electrons. The lowest BCUT2D eigenvalue weighted by Crippen LogP contribution is -2.23. The maximum atomic E-state index is 12.7. The van der Waals surface area contributed by atoms with Crippen molar-refractivity contribution in [2.45, 2.75) is 63.7 Å². The van der Waals surface area contributed by atoms with E-state index in [4.69, 9.17) is 10.8 Å². The Bertz CT molecular complexity index is 3690. The Morgan fingerprint density at radius 3 is 1.64 bits per heavy atom. The topological polar surface area (TPSA) is 228 Å². The summed E-state index contributed by atoms with van der Waals surface area (Å²) in [5, 5.41) is 22.0. The molecule has 0 atom stereocenters. The molecule has 2 fully saturated rings. The first-order chi connectivity index (χ1) is 33.4. The number of carboxylic acids is 1. The van der Waals surface area contributed by atoms with Gasteiger partial charge in [-0.05, 0) is 108 Å². The van der Waals surface area contributed by atoms with Gasteiger partial charge in [-0.25, -0.2) is 14.8 Å². The summed E-state index contributed by atoms with van der Waals surface area (Å²) in [5.74, 6) is 0.185. The number of aromatic carboxylic acids is 1. The highest BCUT2D eigenvalue weighted by atomic mass is 79.9. The van der Waals surface area contributed by atoms with E-state index in [2.05, 4.69) is 102 Å². The second kappa shape index (κ2) is 19.3. The van der Waals surface area contributed by atoms with Crippen LogP contribution in [0.25, 0.3) is 33.1 Å². The summed E-state index contributed by atoms with van der Waals surface area (Å²) in [4.78, 5) is 61.6. The minimum atomic E-state index is -0.967. The first kappa shape index (κ1) is 45.3. The summed E-state index contributed by atoms with van der Waals surface area (Å²) in [6.45, 7) is 1.54. The van der Waals surface area contributed by atoms with Crippen molar-refractivity contribution in [3.8, 4) is 0 Å². The van der Waals surface area contributed by atoms with E-state index < -0.39 is 5.97 Å². The lowest BCUT2D eigenvalue weighted by molar-refractivity contribution is 0.0696. The predicted octanol–water partition coefficient (Wildman–Crippen LogP) is 7.89. The molecule has 17 nitrogen and oxygen atoms in total. The van der Waals surface area contributed by atoms with E-state index in [0.29, 0.717) is 37.0 Å². The number of nitrogens with one attached hydrogen (secondary N) is 3. The molecule has 19 heteroatoms. The standard InChI is InChI=1S/C25H21BrN6O2.C15H14N4O2.C10H9BrN2O/c26-19-4-5-22-21(8-19)17(7-24(33)30-22)9-27-25(34)18-10-28-32(12-18)14-20-13-31-11-16(15-1-2-15)3-6-23(31)29-20;20-15(21)12-5-16-19(7-12)9-13-8-18-6-11(10-1-2-10)3-4-14(18)17-13;11-7-1-2-9-8(4-7)6(5-12)3-10(14)13-9/h3-8,10-13,15H,1-2,9,14H2,(H,27,34)(H,30,33);3-8,10H,1-2,9H2,(H,20,21);1-4H,5,12H2,(H,13,14). The largest absolute Gasteiger partial charge is 0.478 e. The van der Waals surface area contributed by atoms with Gasteiger partial charge in [0.05, 0.1) is 48.0 Å². The summed E-state index contributed by atoms with van der Waals surface area (Å²) in [5.41, 5.74) is 15.3. The fraction of sp³-hybridized carbons (Fsp3) is 0.200. The number of aromatic nitrogens is 10. The van der Waals surface area contributed by atoms with Crippen LogP contribution in [-0.2, 0) is 26.2 Å². The van der Waals surface area contributed by atoms with Gasteiger partial charge in [0.15, 0.2) is 0 Å². The zero-order valence-electron chi connectivity index (χ0n) is 36.8. The highest BCUT2D eigenvalue weighted by Crippen LogP contribution is 2.40. The molecule has 0 radical (unpaired) electrons. The van der Waals surface area contributed by atoms with Gasteiger partial charge in [0.2, 0.25) is 11.1 Å². The molecule has 2 saturated carbocycles. The summed E-state index contributed by atoms with van der Waals surface area (Å²) in [7, 11) is 0. The molecule has 12 rings (SSSR count). The summed E-state index contributed by atoms with van der Waals surface area (Å²) < 4.78 is 9.27. The zero-order valence-corrected chi connectivity index (χ0v) is 40.0. The van der Waals surface area contributed by atoms with Crippen LogP contribution in [-0.4, -0.2) is 65.3 Å². The Morgan fingerprint density at radius 1 is 0.652 bits per heavy atom.